The standard InChI is InChI=1S/C40H48N6O2/c1-7-9-15-21-39(3,4)27-23-29(37(47)35(25-27)45-41-31-17-11-12-18-32(31)42-45)30-24-28(40(5,6)22-16-10-8-2)26-36(38(30)48)46-43-33-19-13-14-20-34(33)44-46/h11-14,17-20,23-26,47-48H,7-10,15-16,21-22H2,1-6H3. The molecule has 0 aliphatic rings. The van der Waals surface area contributed by atoms with Crippen LogP contribution in [0.4, 0.5) is 0 Å². The highest BCUT2D eigenvalue weighted by Gasteiger charge is 2.29. The molecule has 2 heterocycles. The first-order valence-corrected chi connectivity index (χ1v) is 17.4. The summed E-state index contributed by atoms with van der Waals surface area (Å²) in [5.74, 6) is 0.00776. The molecular weight excluding hydrogens is 596 g/mol. The van der Waals surface area contributed by atoms with Gasteiger partial charge in [0.2, 0.25) is 0 Å². The van der Waals surface area contributed by atoms with Gasteiger partial charge in [-0.3, -0.25) is 0 Å². The number of benzene rings is 4. The lowest BCUT2D eigenvalue weighted by Crippen LogP contribution is -2.19. The van der Waals surface area contributed by atoms with Crippen LogP contribution in [0.3, 0.4) is 0 Å². The fourth-order valence-electron chi connectivity index (χ4n) is 6.59. The SMILES string of the molecule is CCCCCC(C)(C)c1cc(-c2cc(C(C)(C)CCCCC)cc(-n3nc4ccccc4n3)c2O)c(O)c(-n2nc3ccccc3n2)c1. The van der Waals surface area contributed by atoms with Crippen molar-refractivity contribution >= 4 is 22.1 Å². The van der Waals surface area contributed by atoms with E-state index in [2.05, 4.69) is 41.5 Å². The van der Waals surface area contributed by atoms with E-state index in [9.17, 15) is 10.2 Å². The summed E-state index contributed by atoms with van der Waals surface area (Å²) in [6.07, 6.45) is 8.72. The van der Waals surface area contributed by atoms with E-state index in [0.717, 1.165) is 84.6 Å². The molecule has 8 heteroatoms. The van der Waals surface area contributed by atoms with Crippen LogP contribution >= 0.6 is 0 Å². The minimum atomic E-state index is -0.213. The van der Waals surface area contributed by atoms with Gasteiger partial charge in [0.05, 0.1) is 0 Å². The van der Waals surface area contributed by atoms with Gasteiger partial charge in [0.1, 0.15) is 33.4 Å². The number of nitrogens with zero attached hydrogens (tertiary/aromatic N) is 6. The van der Waals surface area contributed by atoms with Crippen molar-refractivity contribution in [2.24, 2.45) is 0 Å². The zero-order chi connectivity index (χ0) is 34.1. The topological polar surface area (TPSA) is 102 Å². The highest BCUT2D eigenvalue weighted by Crippen LogP contribution is 2.47. The number of aromatic hydroxyl groups is 2. The minimum absolute atomic E-state index is 0.00388. The van der Waals surface area contributed by atoms with Crippen LogP contribution in [-0.2, 0) is 10.8 Å². The third kappa shape index (κ3) is 6.53. The van der Waals surface area contributed by atoms with Crippen molar-refractivity contribution in [3.63, 3.8) is 0 Å². The number of phenolic OH excluding ortho intramolecular Hbond substituents is 2. The molecule has 250 valence electrons. The highest BCUT2D eigenvalue weighted by molar-refractivity contribution is 5.84. The van der Waals surface area contributed by atoms with Crippen molar-refractivity contribution in [3.8, 4) is 34.0 Å². The number of hydrogen-bond donors (Lipinski definition) is 2. The smallest absolute Gasteiger partial charge is 0.151 e. The van der Waals surface area contributed by atoms with Gasteiger partial charge in [-0.25, -0.2) is 0 Å². The lowest BCUT2D eigenvalue weighted by Gasteiger charge is -2.29. The molecule has 0 saturated carbocycles. The Morgan fingerprint density at radius 3 is 1.17 bits per heavy atom. The van der Waals surface area contributed by atoms with E-state index in [0.29, 0.717) is 22.5 Å². The fourth-order valence-corrected chi connectivity index (χ4v) is 6.59. The largest absolute Gasteiger partial charge is 0.505 e. The summed E-state index contributed by atoms with van der Waals surface area (Å²) in [7, 11) is 0. The fraction of sp³-hybridized carbons (Fsp3) is 0.400. The third-order valence-corrected chi connectivity index (χ3v) is 9.85. The Morgan fingerprint density at radius 2 is 0.854 bits per heavy atom. The van der Waals surface area contributed by atoms with Crippen LogP contribution in [0.25, 0.3) is 44.6 Å². The molecule has 0 aliphatic heterocycles. The van der Waals surface area contributed by atoms with E-state index in [1.807, 2.05) is 72.8 Å². The van der Waals surface area contributed by atoms with Crippen molar-refractivity contribution < 1.29 is 10.2 Å². The monoisotopic (exact) mass is 644 g/mol. The van der Waals surface area contributed by atoms with Crippen LogP contribution in [0.2, 0.25) is 0 Å². The van der Waals surface area contributed by atoms with E-state index in [1.54, 1.807) is 0 Å². The second kappa shape index (κ2) is 13.4. The van der Waals surface area contributed by atoms with Gasteiger partial charge < -0.3 is 10.2 Å². The van der Waals surface area contributed by atoms with Crippen molar-refractivity contribution in [2.45, 2.75) is 104 Å². The van der Waals surface area contributed by atoms with Crippen LogP contribution in [0.1, 0.15) is 104 Å². The van der Waals surface area contributed by atoms with Gasteiger partial charge in [-0.05, 0) is 83.3 Å². The molecular formula is C40H48N6O2. The summed E-state index contributed by atoms with van der Waals surface area (Å²) < 4.78 is 0. The summed E-state index contributed by atoms with van der Waals surface area (Å²) >= 11 is 0. The van der Waals surface area contributed by atoms with Gasteiger partial charge in [-0.15, -0.1) is 30.0 Å². The molecule has 4 aromatic carbocycles. The van der Waals surface area contributed by atoms with Gasteiger partial charge in [0, 0.05) is 11.1 Å². The molecule has 0 aliphatic carbocycles. The maximum atomic E-state index is 12.1. The summed E-state index contributed by atoms with van der Waals surface area (Å²) in [6, 6.07) is 23.5. The molecule has 0 saturated heterocycles. The van der Waals surface area contributed by atoms with Crippen LogP contribution in [0.15, 0.2) is 72.8 Å². The van der Waals surface area contributed by atoms with Gasteiger partial charge >= 0.3 is 0 Å². The first-order chi connectivity index (χ1) is 23.0. The number of unbranched alkanes of at least 4 members (excludes halogenated alkanes) is 4. The second-order valence-electron chi connectivity index (χ2n) is 14.4. The first kappa shape index (κ1) is 33.2. The molecule has 6 aromatic rings. The number of aromatic nitrogens is 6. The van der Waals surface area contributed by atoms with Crippen molar-refractivity contribution in [3.05, 3.63) is 83.9 Å². The second-order valence-corrected chi connectivity index (χ2v) is 14.4. The van der Waals surface area contributed by atoms with E-state index in [4.69, 9.17) is 20.4 Å². The highest BCUT2D eigenvalue weighted by atomic mass is 16.3. The maximum absolute atomic E-state index is 12.1. The predicted octanol–water partition coefficient (Wildman–Crippen LogP) is 9.95. The van der Waals surface area contributed by atoms with Gasteiger partial charge in [0.15, 0.2) is 11.5 Å². The maximum Gasteiger partial charge on any atom is 0.151 e. The Labute approximate surface area is 283 Å². The average molecular weight is 645 g/mol. The molecule has 0 amide bonds. The zero-order valence-electron chi connectivity index (χ0n) is 29.2. The number of phenols is 2. The van der Waals surface area contributed by atoms with Crippen LogP contribution in [-0.4, -0.2) is 40.2 Å². The molecule has 2 aromatic heterocycles. The Bertz CT molecular complexity index is 1840. The summed E-state index contributed by atoms with van der Waals surface area (Å²) in [6.45, 7) is 13.4. The van der Waals surface area contributed by atoms with E-state index >= 15 is 0 Å². The van der Waals surface area contributed by atoms with E-state index in [1.165, 1.54) is 9.59 Å². The Balaban J connectivity index is 1.60. The predicted molar refractivity (Wildman–Crippen MR) is 194 cm³/mol. The molecule has 6 rings (SSSR count). The molecule has 48 heavy (non-hydrogen) atoms. The summed E-state index contributed by atoms with van der Waals surface area (Å²) in [5.41, 5.74) is 6.60. The number of fused-ring (bicyclic) bond motifs is 2. The molecule has 0 atom stereocenters. The Morgan fingerprint density at radius 1 is 0.521 bits per heavy atom. The van der Waals surface area contributed by atoms with E-state index < -0.39 is 0 Å². The lowest BCUT2D eigenvalue weighted by molar-refractivity contribution is 0.441. The summed E-state index contributed by atoms with van der Waals surface area (Å²) in [4.78, 5) is 3.04. The third-order valence-electron chi connectivity index (χ3n) is 9.85. The Kier molecular flexibility index (Phi) is 9.28. The van der Waals surface area contributed by atoms with Crippen LogP contribution < -0.4 is 0 Å². The number of hydrogen-bond acceptors (Lipinski definition) is 6. The van der Waals surface area contributed by atoms with Crippen molar-refractivity contribution in [1.29, 1.82) is 0 Å². The average Bonchev–Trinajstić information content (AvgIpc) is 3.70. The van der Waals surface area contributed by atoms with Gasteiger partial charge in [-0.2, -0.15) is 0 Å². The van der Waals surface area contributed by atoms with Crippen molar-refractivity contribution in [2.75, 3.05) is 0 Å². The molecule has 8 nitrogen and oxygen atoms in total. The van der Waals surface area contributed by atoms with Crippen LogP contribution in [0, 0.1) is 0 Å². The number of rotatable bonds is 13. The molecule has 0 bridgehead atoms. The minimum Gasteiger partial charge on any atom is -0.505 e. The Hall–Kier alpha value is -4.72. The van der Waals surface area contributed by atoms with Gasteiger partial charge in [0.25, 0.3) is 0 Å². The van der Waals surface area contributed by atoms with E-state index in [-0.39, 0.29) is 22.3 Å². The first-order valence-electron chi connectivity index (χ1n) is 17.4. The van der Waals surface area contributed by atoms with Crippen molar-refractivity contribution in [1.82, 2.24) is 30.0 Å². The quantitative estimate of drug-likeness (QED) is 0.121. The normalized spacial score (nSPS) is 12.4. The van der Waals surface area contributed by atoms with Gasteiger partial charge in [-0.1, -0.05) is 104 Å². The molecule has 0 spiro atoms. The molecule has 0 radical (unpaired) electrons. The van der Waals surface area contributed by atoms with Crippen LogP contribution in [0.5, 0.6) is 11.5 Å². The summed E-state index contributed by atoms with van der Waals surface area (Å²) in [5, 5.41) is 43.3. The zero-order valence-corrected chi connectivity index (χ0v) is 29.2. The lowest BCUT2D eigenvalue weighted by atomic mass is 9.77. The molecule has 0 unspecified atom stereocenters. The molecule has 0 fully saturated rings. The molecule has 2 N–H and O–H groups in total.